The SMILES string of the molecule is COc1ccc(C(=O)NN=CC=C2OC(C)(C)C(C)(C)O2)cc1. The fraction of sp³-hybridized carbons (Fsp3) is 0.412. The fourth-order valence-corrected chi connectivity index (χ4v) is 1.84. The molecule has 1 N–H and O–H groups in total. The second-order valence-electron chi connectivity index (χ2n) is 6.16. The third kappa shape index (κ3) is 3.83. The van der Waals surface area contributed by atoms with E-state index in [4.69, 9.17) is 14.2 Å². The zero-order valence-electron chi connectivity index (χ0n) is 14.0. The van der Waals surface area contributed by atoms with Crippen LogP contribution in [0.4, 0.5) is 0 Å². The van der Waals surface area contributed by atoms with E-state index in [1.54, 1.807) is 37.5 Å². The molecule has 6 nitrogen and oxygen atoms in total. The number of carbonyl (C=O) groups excluding carboxylic acids is 1. The number of carbonyl (C=O) groups is 1. The number of ether oxygens (including phenoxy) is 3. The van der Waals surface area contributed by atoms with Crippen molar-refractivity contribution < 1.29 is 19.0 Å². The highest BCUT2D eigenvalue weighted by molar-refractivity contribution is 5.94. The van der Waals surface area contributed by atoms with Gasteiger partial charge >= 0.3 is 0 Å². The molecule has 0 unspecified atom stereocenters. The van der Waals surface area contributed by atoms with Crippen LogP contribution < -0.4 is 10.2 Å². The maximum absolute atomic E-state index is 11.9. The highest BCUT2D eigenvalue weighted by Crippen LogP contribution is 2.39. The average Bonchev–Trinajstić information content (AvgIpc) is 2.71. The Bertz CT molecular complexity index is 612. The summed E-state index contributed by atoms with van der Waals surface area (Å²) in [6.45, 7) is 7.82. The summed E-state index contributed by atoms with van der Waals surface area (Å²) in [5.74, 6) is 0.759. The molecule has 124 valence electrons. The van der Waals surface area contributed by atoms with Crippen molar-refractivity contribution in [3.05, 3.63) is 41.9 Å². The molecule has 0 aromatic heterocycles. The highest BCUT2D eigenvalue weighted by atomic mass is 16.7. The number of hydrogen-bond acceptors (Lipinski definition) is 5. The van der Waals surface area contributed by atoms with Crippen molar-refractivity contribution in [2.75, 3.05) is 7.11 Å². The summed E-state index contributed by atoms with van der Waals surface area (Å²) in [6.07, 6.45) is 3.00. The molecule has 23 heavy (non-hydrogen) atoms. The molecule has 1 aliphatic heterocycles. The summed E-state index contributed by atoms with van der Waals surface area (Å²) >= 11 is 0. The van der Waals surface area contributed by atoms with Gasteiger partial charge in [-0.2, -0.15) is 5.10 Å². The van der Waals surface area contributed by atoms with Crippen molar-refractivity contribution in [2.45, 2.75) is 38.9 Å². The molecule has 0 radical (unpaired) electrons. The van der Waals surface area contributed by atoms with Gasteiger partial charge in [-0.1, -0.05) is 0 Å². The molecule has 1 saturated heterocycles. The van der Waals surface area contributed by atoms with Gasteiger partial charge in [0.05, 0.1) is 13.3 Å². The molecule has 0 spiro atoms. The molecule has 2 rings (SSSR count). The molecular formula is C17H22N2O4. The summed E-state index contributed by atoms with van der Waals surface area (Å²) in [7, 11) is 1.57. The van der Waals surface area contributed by atoms with Crippen molar-refractivity contribution >= 4 is 12.1 Å². The van der Waals surface area contributed by atoms with Gasteiger partial charge in [-0.15, -0.1) is 0 Å². The van der Waals surface area contributed by atoms with Crippen LogP contribution in [0.2, 0.25) is 0 Å². The van der Waals surface area contributed by atoms with Gasteiger partial charge in [0, 0.05) is 11.6 Å². The topological polar surface area (TPSA) is 69.2 Å². The van der Waals surface area contributed by atoms with Crippen molar-refractivity contribution in [1.82, 2.24) is 5.43 Å². The summed E-state index contributed by atoms with van der Waals surface area (Å²) in [6, 6.07) is 6.75. The van der Waals surface area contributed by atoms with Crippen LogP contribution in [0.1, 0.15) is 38.1 Å². The fourth-order valence-electron chi connectivity index (χ4n) is 1.84. The second-order valence-corrected chi connectivity index (χ2v) is 6.16. The average molecular weight is 318 g/mol. The molecule has 0 bridgehead atoms. The third-order valence-electron chi connectivity index (χ3n) is 3.96. The van der Waals surface area contributed by atoms with E-state index < -0.39 is 11.2 Å². The van der Waals surface area contributed by atoms with E-state index in [0.29, 0.717) is 17.3 Å². The molecule has 1 aliphatic rings. The molecular weight excluding hydrogens is 296 g/mol. The van der Waals surface area contributed by atoms with Gasteiger partial charge in [0.1, 0.15) is 17.0 Å². The van der Waals surface area contributed by atoms with Gasteiger partial charge in [-0.25, -0.2) is 5.43 Å². The van der Waals surface area contributed by atoms with Crippen molar-refractivity contribution in [3.63, 3.8) is 0 Å². The third-order valence-corrected chi connectivity index (χ3v) is 3.96. The van der Waals surface area contributed by atoms with Crippen LogP contribution in [0.25, 0.3) is 0 Å². The van der Waals surface area contributed by atoms with Gasteiger partial charge in [0.25, 0.3) is 11.9 Å². The minimum Gasteiger partial charge on any atom is -0.497 e. The molecule has 6 heteroatoms. The van der Waals surface area contributed by atoms with Crippen molar-refractivity contribution in [3.8, 4) is 5.75 Å². The van der Waals surface area contributed by atoms with Crippen molar-refractivity contribution in [1.29, 1.82) is 0 Å². The Kier molecular flexibility index (Phi) is 4.63. The highest BCUT2D eigenvalue weighted by Gasteiger charge is 2.48. The van der Waals surface area contributed by atoms with E-state index in [1.165, 1.54) is 6.21 Å². The quantitative estimate of drug-likeness (QED) is 0.684. The molecule has 0 atom stereocenters. The predicted molar refractivity (Wildman–Crippen MR) is 87.4 cm³/mol. The first kappa shape index (κ1) is 16.9. The first-order chi connectivity index (χ1) is 10.7. The van der Waals surface area contributed by atoms with E-state index >= 15 is 0 Å². The first-order valence-corrected chi connectivity index (χ1v) is 7.31. The molecule has 1 aromatic rings. The van der Waals surface area contributed by atoms with E-state index in [2.05, 4.69) is 10.5 Å². The van der Waals surface area contributed by atoms with Crippen LogP contribution in [-0.2, 0) is 9.47 Å². The molecule has 1 fully saturated rings. The Hall–Kier alpha value is -2.50. The molecule has 0 saturated carbocycles. The molecule has 1 heterocycles. The predicted octanol–water partition coefficient (Wildman–Crippen LogP) is 2.86. The number of benzene rings is 1. The molecule has 1 aromatic carbocycles. The zero-order chi connectivity index (χ0) is 17.1. The van der Waals surface area contributed by atoms with Gasteiger partial charge in [0.15, 0.2) is 0 Å². The smallest absolute Gasteiger partial charge is 0.282 e. The number of nitrogens with one attached hydrogen (secondary N) is 1. The summed E-state index contributed by atoms with van der Waals surface area (Å²) < 4.78 is 16.4. The number of hydrazone groups is 1. The lowest BCUT2D eigenvalue weighted by Gasteiger charge is -2.28. The molecule has 1 amide bonds. The number of hydrogen-bond donors (Lipinski definition) is 1. The summed E-state index contributed by atoms with van der Waals surface area (Å²) in [5, 5.41) is 3.86. The van der Waals surface area contributed by atoms with Crippen LogP contribution in [0.3, 0.4) is 0 Å². The lowest BCUT2D eigenvalue weighted by molar-refractivity contribution is 0.00578. The lowest BCUT2D eigenvalue weighted by Crippen LogP contribution is -2.41. The minimum absolute atomic E-state index is 0.309. The second kappa shape index (κ2) is 6.32. The Balaban J connectivity index is 1.92. The Morgan fingerprint density at radius 1 is 1.13 bits per heavy atom. The maximum Gasteiger partial charge on any atom is 0.282 e. The first-order valence-electron chi connectivity index (χ1n) is 7.31. The van der Waals surface area contributed by atoms with Gasteiger partial charge < -0.3 is 14.2 Å². The van der Waals surface area contributed by atoms with Gasteiger partial charge in [-0.05, 0) is 52.0 Å². The minimum atomic E-state index is -0.432. The number of rotatable bonds is 4. The van der Waals surface area contributed by atoms with E-state index in [1.807, 2.05) is 27.7 Å². The normalized spacial score (nSPS) is 18.2. The summed E-state index contributed by atoms with van der Waals surface area (Å²) in [5.41, 5.74) is 2.06. The van der Waals surface area contributed by atoms with Crippen LogP contribution in [0, 0.1) is 0 Å². The Morgan fingerprint density at radius 2 is 1.70 bits per heavy atom. The maximum atomic E-state index is 11.9. The monoisotopic (exact) mass is 318 g/mol. The van der Waals surface area contributed by atoms with E-state index in [9.17, 15) is 4.79 Å². The van der Waals surface area contributed by atoms with E-state index in [-0.39, 0.29) is 5.91 Å². The van der Waals surface area contributed by atoms with Crippen LogP contribution in [0.5, 0.6) is 5.75 Å². The zero-order valence-corrected chi connectivity index (χ0v) is 14.0. The largest absolute Gasteiger partial charge is 0.497 e. The summed E-state index contributed by atoms with van der Waals surface area (Å²) in [4.78, 5) is 11.9. The molecule has 0 aliphatic carbocycles. The van der Waals surface area contributed by atoms with Crippen LogP contribution >= 0.6 is 0 Å². The lowest BCUT2D eigenvalue weighted by atomic mass is 9.90. The number of allylic oxidation sites excluding steroid dienone is 1. The van der Waals surface area contributed by atoms with Crippen molar-refractivity contribution in [2.24, 2.45) is 5.10 Å². The Morgan fingerprint density at radius 3 is 2.22 bits per heavy atom. The standard InChI is InChI=1S/C17H22N2O4/c1-16(2)17(3,4)23-14(22-16)10-11-18-19-15(20)12-6-8-13(21-5)9-7-12/h6-11H,1-5H3,(H,19,20). The Labute approximate surface area is 136 Å². The number of methoxy groups -OCH3 is 1. The van der Waals surface area contributed by atoms with E-state index in [0.717, 1.165) is 0 Å². The van der Waals surface area contributed by atoms with Crippen LogP contribution in [0.15, 0.2) is 41.4 Å². The van der Waals surface area contributed by atoms with Crippen LogP contribution in [-0.4, -0.2) is 30.4 Å². The number of nitrogens with zero attached hydrogens (tertiary/aromatic N) is 1. The number of amides is 1. The van der Waals surface area contributed by atoms with Gasteiger partial charge in [-0.3, -0.25) is 4.79 Å². The van der Waals surface area contributed by atoms with Gasteiger partial charge in [0.2, 0.25) is 0 Å².